The van der Waals surface area contributed by atoms with Crippen LogP contribution in [0.2, 0.25) is 5.32 Å². The first-order valence-electron chi connectivity index (χ1n) is 7.86. The molecule has 2 rings (SSSR count). The number of carbonyl (C=O) groups excluding carboxylic acids is 1. The maximum absolute atomic E-state index is 12.6. The van der Waals surface area contributed by atoms with Crippen molar-refractivity contribution in [3.05, 3.63) is 76.3 Å². The molecule has 0 radical (unpaired) electrons. The molecule has 0 saturated heterocycles. The molecule has 7 nitrogen and oxygen atoms in total. The summed E-state index contributed by atoms with van der Waals surface area (Å²) in [4.78, 5) is 23.3. The predicted molar refractivity (Wildman–Crippen MR) is 94.5 cm³/mol. The number of nitrogens with zero attached hydrogens (tertiary/aromatic N) is 1. The summed E-state index contributed by atoms with van der Waals surface area (Å²) in [5.74, 6) is -1.05. The summed E-state index contributed by atoms with van der Waals surface area (Å²) in [5.41, 5.74) is -1.59. The predicted octanol–water partition coefficient (Wildman–Crippen LogP) is 2.02. The van der Waals surface area contributed by atoms with Gasteiger partial charge in [0.25, 0.3) is 0 Å². The molecule has 138 valence electrons. The average Bonchev–Trinajstić information content (AvgIpc) is 2.65. The van der Waals surface area contributed by atoms with Crippen molar-refractivity contribution in [1.82, 2.24) is 0 Å². The topological polar surface area (TPSA) is 104 Å². The van der Waals surface area contributed by atoms with Crippen LogP contribution in [0.5, 0.6) is 0 Å². The quantitative estimate of drug-likeness (QED) is 0.278. The SMILES string of the molecule is COC(=O)[C@@](CC[Se](=O)(=O)c1ccccc1)(Cc1ccccc1)[N+](=O)[O-]. The number of carbonyl (C=O) groups is 1. The minimum atomic E-state index is -4.63. The molecular formula is C18H19NO6Se. The van der Waals surface area contributed by atoms with E-state index in [-0.39, 0.29) is 10.9 Å². The maximum atomic E-state index is 12.6. The van der Waals surface area contributed by atoms with Crippen LogP contribution in [-0.2, 0) is 23.6 Å². The van der Waals surface area contributed by atoms with Crippen LogP contribution in [0.3, 0.4) is 0 Å². The first-order chi connectivity index (χ1) is 12.3. The van der Waals surface area contributed by atoms with Gasteiger partial charge in [0.1, 0.15) is 0 Å². The average molecular weight is 424 g/mol. The zero-order valence-corrected chi connectivity index (χ0v) is 15.9. The molecule has 0 saturated carbocycles. The Morgan fingerprint density at radius 2 is 1.62 bits per heavy atom. The van der Waals surface area contributed by atoms with E-state index in [4.69, 9.17) is 0 Å². The molecule has 0 aliphatic heterocycles. The summed E-state index contributed by atoms with van der Waals surface area (Å²) in [5, 5.41) is 11.3. The van der Waals surface area contributed by atoms with E-state index < -0.39 is 40.9 Å². The third kappa shape index (κ3) is 4.33. The Balaban J connectivity index is 2.35. The van der Waals surface area contributed by atoms with Crippen LogP contribution in [0.15, 0.2) is 60.7 Å². The Morgan fingerprint density at radius 1 is 1.08 bits per heavy atom. The van der Waals surface area contributed by atoms with Gasteiger partial charge in [0.05, 0.1) is 0 Å². The third-order valence-corrected chi connectivity index (χ3v) is 7.77. The van der Waals surface area contributed by atoms with Crippen molar-refractivity contribution in [1.29, 1.82) is 0 Å². The van der Waals surface area contributed by atoms with Gasteiger partial charge in [-0.15, -0.1) is 0 Å². The molecule has 0 aromatic heterocycles. The van der Waals surface area contributed by atoms with E-state index in [1.54, 1.807) is 48.5 Å². The molecule has 0 bridgehead atoms. The van der Waals surface area contributed by atoms with E-state index in [1.807, 2.05) is 0 Å². The van der Waals surface area contributed by atoms with Crippen molar-refractivity contribution in [2.24, 2.45) is 0 Å². The molecule has 8 heteroatoms. The van der Waals surface area contributed by atoms with E-state index in [9.17, 15) is 22.6 Å². The second-order valence-electron chi connectivity index (χ2n) is 5.82. The van der Waals surface area contributed by atoms with Crippen LogP contribution in [0, 0.1) is 10.1 Å². The van der Waals surface area contributed by atoms with Gasteiger partial charge in [0.2, 0.25) is 0 Å². The van der Waals surface area contributed by atoms with E-state index in [1.165, 1.54) is 12.1 Å². The number of benzene rings is 2. The zero-order valence-electron chi connectivity index (χ0n) is 14.2. The number of rotatable bonds is 8. The van der Waals surface area contributed by atoms with Crippen LogP contribution in [0.25, 0.3) is 0 Å². The van der Waals surface area contributed by atoms with Crippen molar-refractivity contribution in [3.8, 4) is 0 Å². The van der Waals surface area contributed by atoms with Crippen LogP contribution < -0.4 is 4.46 Å². The molecule has 0 heterocycles. The second kappa shape index (κ2) is 8.21. The van der Waals surface area contributed by atoms with Crippen molar-refractivity contribution in [2.45, 2.75) is 23.7 Å². The molecular weight excluding hydrogens is 405 g/mol. The minimum absolute atomic E-state index is 0.130. The molecule has 2 aromatic carbocycles. The first kappa shape index (κ1) is 19.8. The van der Waals surface area contributed by atoms with Gasteiger partial charge in [0, 0.05) is 0 Å². The molecule has 0 unspecified atom stereocenters. The molecule has 26 heavy (non-hydrogen) atoms. The van der Waals surface area contributed by atoms with Gasteiger partial charge in [-0.3, -0.25) is 0 Å². The van der Waals surface area contributed by atoms with Crippen molar-refractivity contribution >= 4 is 23.1 Å². The molecule has 0 aliphatic carbocycles. The van der Waals surface area contributed by atoms with Gasteiger partial charge in [0.15, 0.2) is 0 Å². The van der Waals surface area contributed by atoms with Crippen molar-refractivity contribution in [2.75, 3.05) is 7.11 Å². The number of nitro groups is 1. The Bertz CT molecular complexity index is 867. The summed E-state index contributed by atoms with van der Waals surface area (Å²) in [7, 11) is 1.06. The van der Waals surface area contributed by atoms with E-state index >= 15 is 0 Å². The molecule has 0 fully saturated rings. The number of hydrogen-bond acceptors (Lipinski definition) is 6. The summed E-state index contributed by atoms with van der Waals surface area (Å²) in [6, 6.07) is 16.2. The summed E-state index contributed by atoms with van der Waals surface area (Å²) in [6.45, 7) is 0. The van der Waals surface area contributed by atoms with E-state index in [0.717, 1.165) is 7.11 Å². The second-order valence-corrected chi connectivity index (χ2v) is 10.2. The zero-order chi connectivity index (χ0) is 19.2. The van der Waals surface area contributed by atoms with Gasteiger partial charge in [-0.2, -0.15) is 0 Å². The van der Waals surface area contributed by atoms with Gasteiger partial charge >= 0.3 is 152 Å². The molecule has 1 atom stereocenters. The number of hydrogen-bond donors (Lipinski definition) is 0. The number of ether oxygens (including phenoxy) is 1. The molecule has 2 aromatic rings. The summed E-state index contributed by atoms with van der Waals surface area (Å²) >= 11 is -4.63. The summed E-state index contributed by atoms with van der Waals surface area (Å²) in [6.07, 6.45) is -0.695. The number of esters is 1. The molecule has 0 amide bonds. The Hall–Kier alpha value is -2.57. The Morgan fingerprint density at radius 3 is 2.12 bits per heavy atom. The fraction of sp³-hybridized carbons (Fsp3) is 0.278. The van der Waals surface area contributed by atoms with E-state index in [0.29, 0.717) is 5.56 Å². The Labute approximate surface area is 152 Å². The number of methoxy groups -OCH3 is 1. The van der Waals surface area contributed by atoms with Gasteiger partial charge in [-0.25, -0.2) is 0 Å². The van der Waals surface area contributed by atoms with E-state index in [2.05, 4.69) is 4.74 Å². The summed E-state index contributed by atoms with van der Waals surface area (Å²) < 4.78 is 29.9. The van der Waals surface area contributed by atoms with Crippen molar-refractivity contribution in [3.63, 3.8) is 0 Å². The Kier molecular flexibility index (Phi) is 6.23. The van der Waals surface area contributed by atoms with Crippen LogP contribution in [0.4, 0.5) is 0 Å². The normalized spacial score (nSPS) is 13.6. The van der Waals surface area contributed by atoms with Crippen LogP contribution in [0.1, 0.15) is 12.0 Å². The van der Waals surface area contributed by atoms with Gasteiger partial charge in [-0.05, 0) is 0 Å². The molecule has 0 N–H and O–H groups in total. The van der Waals surface area contributed by atoms with Gasteiger partial charge in [-0.1, -0.05) is 0 Å². The van der Waals surface area contributed by atoms with Crippen LogP contribution >= 0.6 is 0 Å². The molecule has 0 spiro atoms. The standard InChI is InChI=1S/C18H19NO6Se/c1-25-17(20)18(19(21)22,14-15-8-4-2-5-9-15)12-13-26(23,24)16-10-6-3-7-11-16/h2-11H,12-14H2,1H3/t18-/m1/s1. The first-order valence-corrected chi connectivity index (χ1v) is 11.3. The molecule has 0 aliphatic rings. The van der Waals surface area contributed by atoms with Crippen LogP contribution in [-0.4, -0.2) is 36.3 Å². The fourth-order valence-corrected chi connectivity index (χ4v) is 5.63. The van der Waals surface area contributed by atoms with Gasteiger partial charge < -0.3 is 0 Å². The monoisotopic (exact) mass is 425 g/mol. The fourth-order valence-electron chi connectivity index (χ4n) is 2.67. The van der Waals surface area contributed by atoms with Crippen molar-refractivity contribution < 1.29 is 22.1 Å². The third-order valence-electron chi connectivity index (χ3n) is 4.14.